The molecule has 4 heteroatoms. The Kier molecular flexibility index (Phi) is 2.29. The van der Waals surface area contributed by atoms with Crippen LogP contribution in [-0.4, -0.2) is 40.0 Å². The molecule has 2 aliphatic rings. The van der Waals surface area contributed by atoms with Gasteiger partial charge < -0.3 is 5.32 Å². The maximum absolute atomic E-state index is 4.19. The second-order valence-corrected chi connectivity index (χ2v) is 4.45. The maximum atomic E-state index is 4.19. The van der Waals surface area contributed by atoms with Gasteiger partial charge in [0.05, 0.1) is 0 Å². The fourth-order valence-corrected chi connectivity index (χ4v) is 2.26. The van der Waals surface area contributed by atoms with Crippen LogP contribution in [0.3, 0.4) is 0 Å². The fourth-order valence-electron chi connectivity index (χ4n) is 2.26. The summed E-state index contributed by atoms with van der Waals surface area (Å²) in [6.07, 6.45) is 7.42. The molecule has 1 aromatic heterocycles. The molecule has 1 aliphatic carbocycles. The summed E-state index contributed by atoms with van der Waals surface area (Å²) in [5.41, 5.74) is 0. The van der Waals surface area contributed by atoms with Gasteiger partial charge in [-0.05, 0) is 25.3 Å². The summed E-state index contributed by atoms with van der Waals surface area (Å²) in [5, 5.41) is 3.46. The molecule has 1 saturated carbocycles. The zero-order valence-electron chi connectivity index (χ0n) is 8.76. The molecule has 0 amide bonds. The molecule has 0 spiro atoms. The number of nitrogens with zero attached hydrogens (tertiary/aromatic N) is 3. The highest BCUT2D eigenvalue weighted by molar-refractivity contribution is 5.33. The summed E-state index contributed by atoms with van der Waals surface area (Å²) in [4.78, 5) is 10.7. The van der Waals surface area contributed by atoms with Gasteiger partial charge in [-0.25, -0.2) is 9.97 Å². The minimum absolute atomic E-state index is 0.570. The molecule has 80 valence electrons. The van der Waals surface area contributed by atoms with Gasteiger partial charge in [0.1, 0.15) is 12.1 Å². The Balaban J connectivity index is 1.56. The molecule has 1 N–H and O–H groups in total. The van der Waals surface area contributed by atoms with Crippen molar-refractivity contribution in [3.63, 3.8) is 0 Å². The summed E-state index contributed by atoms with van der Waals surface area (Å²) in [6, 6.07) is 3.39. The van der Waals surface area contributed by atoms with E-state index in [9.17, 15) is 0 Å². The van der Waals surface area contributed by atoms with Crippen molar-refractivity contribution in [3.8, 4) is 0 Å². The van der Waals surface area contributed by atoms with Crippen LogP contribution in [0.5, 0.6) is 0 Å². The van der Waals surface area contributed by atoms with E-state index < -0.39 is 0 Å². The molecule has 1 saturated heterocycles. The Morgan fingerprint density at radius 3 is 3.00 bits per heavy atom. The van der Waals surface area contributed by atoms with Crippen LogP contribution in [0.2, 0.25) is 0 Å². The minimum atomic E-state index is 0.570. The lowest BCUT2D eigenvalue weighted by Crippen LogP contribution is -2.27. The number of aromatic nitrogens is 2. The molecule has 2 heterocycles. The van der Waals surface area contributed by atoms with E-state index in [0.29, 0.717) is 6.04 Å². The minimum Gasteiger partial charge on any atom is -0.366 e. The van der Waals surface area contributed by atoms with Crippen LogP contribution in [0.25, 0.3) is 0 Å². The van der Waals surface area contributed by atoms with Crippen molar-refractivity contribution in [3.05, 3.63) is 18.6 Å². The molecule has 0 bridgehead atoms. The number of anilines is 1. The predicted molar refractivity (Wildman–Crippen MR) is 58.7 cm³/mol. The first kappa shape index (κ1) is 9.09. The van der Waals surface area contributed by atoms with Crippen molar-refractivity contribution in [2.75, 3.05) is 18.4 Å². The number of likely N-dealkylation sites (tertiary alicyclic amines) is 1. The van der Waals surface area contributed by atoms with Gasteiger partial charge in [-0.3, -0.25) is 4.90 Å². The molecule has 1 aromatic rings. The molecule has 0 aromatic carbocycles. The third-order valence-corrected chi connectivity index (χ3v) is 3.22. The first-order valence-electron chi connectivity index (χ1n) is 5.68. The summed E-state index contributed by atoms with van der Waals surface area (Å²) in [7, 11) is 0. The van der Waals surface area contributed by atoms with E-state index >= 15 is 0 Å². The zero-order chi connectivity index (χ0) is 10.1. The van der Waals surface area contributed by atoms with Crippen LogP contribution in [0, 0.1) is 0 Å². The Hall–Kier alpha value is -1.16. The average molecular weight is 204 g/mol. The molecular formula is C11H16N4. The van der Waals surface area contributed by atoms with Gasteiger partial charge in [0.2, 0.25) is 0 Å². The monoisotopic (exact) mass is 204 g/mol. The molecular weight excluding hydrogens is 188 g/mol. The van der Waals surface area contributed by atoms with Crippen molar-refractivity contribution < 1.29 is 0 Å². The lowest BCUT2D eigenvalue weighted by atomic mass is 10.2. The smallest absolute Gasteiger partial charge is 0.129 e. The van der Waals surface area contributed by atoms with Gasteiger partial charge in [0.25, 0.3) is 0 Å². The van der Waals surface area contributed by atoms with Gasteiger partial charge in [0, 0.05) is 31.4 Å². The lowest BCUT2D eigenvalue weighted by molar-refractivity contribution is 0.326. The summed E-state index contributed by atoms with van der Waals surface area (Å²) >= 11 is 0. The second-order valence-electron chi connectivity index (χ2n) is 4.45. The van der Waals surface area contributed by atoms with E-state index in [-0.39, 0.29) is 0 Å². The number of nitrogens with one attached hydrogen (secondary N) is 1. The predicted octanol–water partition coefficient (Wildman–Crippen LogP) is 1.13. The number of hydrogen-bond donors (Lipinski definition) is 1. The lowest BCUT2D eigenvalue weighted by Gasteiger charge is -2.15. The van der Waals surface area contributed by atoms with Gasteiger partial charge in [-0.1, -0.05) is 0 Å². The van der Waals surface area contributed by atoms with E-state index in [2.05, 4.69) is 20.2 Å². The highest BCUT2D eigenvalue weighted by Gasteiger charge is 2.34. The largest absolute Gasteiger partial charge is 0.366 e. The van der Waals surface area contributed by atoms with E-state index in [1.165, 1.54) is 32.4 Å². The fraction of sp³-hybridized carbons (Fsp3) is 0.636. The molecule has 1 atom stereocenters. The first-order valence-corrected chi connectivity index (χ1v) is 5.68. The Bertz CT molecular complexity index is 323. The topological polar surface area (TPSA) is 41.0 Å². The van der Waals surface area contributed by atoms with Crippen molar-refractivity contribution >= 4 is 5.82 Å². The molecule has 1 unspecified atom stereocenters. The average Bonchev–Trinajstić information content (AvgIpc) is 3.02. The van der Waals surface area contributed by atoms with Crippen LogP contribution in [0.1, 0.15) is 19.3 Å². The number of hydrogen-bond acceptors (Lipinski definition) is 4. The van der Waals surface area contributed by atoms with E-state index in [0.717, 1.165) is 11.9 Å². The number of rotatable bonds is 3. The van der Waals surface area contributed by atoms with Crippen molar-refractivity contribution in [1.29, 1.82) is 0 Å². The third kappa shape index (κ3) is 2.09. The van der Waals surface area contributed by atoms with Gasteiger partial charge in [0.15, 0.2) is 0 Å². The highest BCUT2D eigenvalue weighted by atomic mass is 15.2. The summed E-state index contributed by atoms with van der Waals surface area (Å²) in [5.74, 6) is 0.952. The van der Waals surface area contributed by atoms with Crippen LogP contribution in [-0.2, 0) is 0 Å². The molecule has 15 heavy (non-hydrogen) atoms. The normalized spacial score (nSPS) is 26.8. The Morgan fingerprint density at radius 2 is 2.27 bits per heavy atom. The Morgan fingerprint density at radius 1 is 1.33 bits per heavy atom. The summed E-state index contributed by atoms with van der Waals surface area (Å²) < 4.78 is 0. The standard InChI is InChI=1S/C11H16N4/c1-2-10(1)15-6-4-9(7-15)14-11-3-5-12-8-13-11/h3,5,8-10H,1-2,4,6-7H2,(H,12,13,14). The van der Waals surface area contributed by atoms with Crippen molar-refractivity contribution in [1.82, 2.24) is 14.9 Å². The van der Waals surface area contributed by atoms with E-state index in [1.54, 1.807) is 12.5 Å². The molecule has 4 nitrogen and oxygen atoms in total. The van der Waals surface area contributed by atoms with Gasteiger partial charge in [-0.15, -0.1) is 0 Å². The highest BCUT2D eigenvalue weighted by Crippen LogP contribution is 2.30. The van der Waals surface area contributed by atoms with Crippen LogP contribution < -0.4 is 5.32 Å². The van der Waals surface area contributed by atoms with E-state index in [1.807, 2.05) is 6.07 Å². The Labute approximate surface area is 89.7 Å². The van der Waals surface area contributed by atoms with Gasteiger partial charge in [-0.2, -0.15) is 0 Å². The zero-order valence-corrected chi connectivity index (χ0v) is 8.76. The van der Waals surface area contributed by atoms with Crippen molar-refractivity contribution in [2.45, 2.75) is 31.3 Å². The molecule has 1 aliphatic heterocycles. The second kappa shape index (κ2) is 3.77. The molecule has 3 rings (SSSR count). The van der Waals surface area contributed by atoms with E-state index in [4.69, 9.17) is 0 Å². The first-order chi connectivity index (χ1) is 7.42. The SMILES string of the molecule is c1cc(NC2CCN(C3CC3)C2)ncn1. The molecule has 0 radical (unpaired) electrons. The maximum Gasteiger partial charge on any atom is 0.129 e. The van der Waals surface area contributed by atoms with Gasteiger partial charge >= 0.3 is 0 Å². The van der Waals surface area contributed by atoms with Crippen molar-refractivity contribution in [2.24, 2.45) is 0 Å². The quantitative estimate of drug-likeness (QED) is 0.801. The van der Waals surface area contributed by atoms with Crippen LogP contribution in [0.4, 0.5) is 5.82 Å². The summed E-state index contributed by atoms with van der Waals surface area (Å²) in [6.45, 7) is 2.42. The molecule has 2 fully saturated rings. The third-order valence-electron chi connectivity index (χ3n) is 3.22. The van der Waals surface area contributed by atoms with Crippen LogP contribution >= 0.6 is 0 Å². The van der Waals surface area contributed by atoms with Crippen LogP contribution in [0.15, 0.2) is 18.6 Å².